The summed E-state index contributed by atoms with van der Waals surface area (Å²) >= 11 is 0. The first-order chi connectivity index (χ1) is 27.9. The number of rotatable bonds is 13. The molecule has 0 saturated carbocycles. The molecule has 1 spiro atoms. The molecule has 5 aromatic rings. The number of methoxy groups -OCH3 is 3. The minimum atomic E-state index is -2.41. The molecule has 2 aliphatic heterocycles. The summed E-state index contributed by atoms with van der Waals surface area (Å²) in [5.41, 5.74) is 2.84. The van der Waals surface area contributed by atoms with E-state index in [1.807, 2.05) is 48.5 Å². The van der Waals surface area contributed by atoms with Gasteiger partial charge in [-0.25, -0.2) is 0 Å². The Bertz CT molecular complexity index is 2280. The first-order valence-electron chi connectivity index (χ1n) is 19.3. The number of fused-ring (bicyclic) bond motifs is 2. The van der Waals surface area contributed by atoms with Gasteiger partial charge in [0.2, 0.25) is 0 Å². The Kier molecular flexibility index (Phi) is 11.4. The number of nitrogens with zero attached hydrogens (tertiary/aromatic N) is 1. The van der Waals surface area contributed by atoms with Crippen molar-refractivity contribution in [3.8, 4) is 17.2 Å². The maximum absolute atomic E-state index is 15.2. The molecule has 12 heteroatoms. The van der Waals surface area contributed by atoms with Crippen molar-refractivity contribution in [1.29, 1.82) is 0 Å². The molecule has 11 nitrogen and oxygen atoms in total. The summed E-state index contributed by atoms with van der Waals surface area (Å²) in [6, 6.07) is 34.8. The molecule has 0 aliphatic carbocycles. The average Bonchev–Trinajstić information content (AvgIpc) is 3.67. The van der Waals surface area contributed by atoms with Gasteiger partial charge in [0.25, 0.3) is 17.7 Å². The Morgan fingerprint density at radius 1 is 0.741 bits per heavy atom. The van der Waals surface area contributed by atoms with Gasteiger partial charge in [0.15, 0.2) is 5.60 Å². The van der Waals surface area contributed by atoms with E-state index in [-0.39, 0.29) is 42.3 Å². The van der Waals surface area contributed by atoms with Gasteiger partial charge in [0, 0.05) is 40.6 Å². The molecule has 0 unspecified atom stereocenters. The Morgan fingerprint density at radius 3 is 1.76 bits per heavy atom. The minimum Gasteiger partial charge on any atom is -0.497 e. The molecular weight excluding hydrogens is 751 g/mol. The van der Waals surface area contributed by atoms with Crippen LogP contribution in [0.5, 0.6) is 17.2 Å². The Labute approximate surface area is 339 Å². The van der Waals surface area contributed by atoms with E-state index in [0.717, 1.165) is 11.3 Å². The van der Waals surface area contributed by atoms with Crippen molar-refractivity contribution in [2.24, 2.45) is 5.92 Å². The zero-order valence-corrected chi connectivity index (χ0v) is 34.6. The number of hydrogen-bond acceptors (Lipinski definition) is 8. The predicted octanol–water partition coefficient (Wildman–Crippen LogP) is 7.36. The van der Waals surface area contributed by atoms with Crippen LogP contribution in [0.25, 0.3) is 0 Å². The van der Waals surface area contributed by atoms with Crippen LogP contribution in [0.3, 0.4) is 0 Å². The second kappa shape index (κ2) is 16.5. The summed E-state index contributed by atoms with van der Waals surface area (Å²) < 4.78 is 23.0. The Morgan fingerprint density at radius 2 is 1.24 bits per heavy atom. The van der Waals surface area contributed by atoms with E-state index in [1.165, 1.54) is 5.19 Å². The molecule has 1 saturated heterocycles. The second-order valence-corrected chi connectivity index (χ2v) is 20.0. The van der Waals surface area contributed by atoms with Crippen LogP contribution in [-0.4, -0.2) is 64.9 Å². The second-order valence-electron chi connectivity index (χ2n) is 15.4. The van der Waals surface area contributed by atoms with Gasteiger partial charge in [0.1, 0.15) is 17.2 Å². The lowest BCUT2D eigenvalue weighted by Gasteiger charge is -2.37. The molecule has 7 rings (SSSR count). The normalized spacial score (nSPS) is 19.8. The zero-order chi connectivity index (χ0) is 41.2. The van der Waals surface area contributed by atoms with Crippen LogP contribution >= 0.6 is 0 Å². The van der Waals surface area contributed by atoms with Crippen LogP contribution in [0.1, 0.15) is 45.2 Å². The van der Waals surface area contributed by atoms with Gasteiger partial charge in [-0.3, -0.25) is 14.4 Å². The lowest BCUT2D eigenvalue weighted by molar-refractivity contribution is -0.146. The van der Waals surface area contributed by atoms with Gasteiger partial charge in [0.05, 0.1) is 47.7 Å². The number of aliphatic hydroxyl groups excluding tert-OH is 1. The third-order valence-electron chi connectivity index (χ3n) is 11.8. The summed E-state index contributed by atoms with van der Waals surface area (Å²) in [5.74, 6) is 1.01. The number of aliphatic hydroxyl groups is 1. The SMILES string of the molecule is COc1ccc(C(=O)Nc2ccc(CN3C(=O)[C@@]4(O[C@@H](CCO)[C@H]([Si](C)(C)c5ccc(OC)cc5)[C@H]4C)c4cc(NC(=O)c5ccc(OC)cc5)ccc43)cc2)cc1. The number of nitrogens with one attached hydrogen (secondary N) is 2. The molecule has 3 N–H and O–H groups in total. The number of benzene rings is 5. The zero-order valence-electron chi connectivity index (χ0n) is 33.6. The number of carbonyl (C=O) groups is 3. The van der Waals surface area contributed by atoms with Crippen molar-refractivity contribution in [2.75, 3.05) is 43.5 Å². The molecule has 2 heterocycles. The van der Waals surface area contributed by atoms with Gasteiger partial charge in [-0.05, 0) is 109 Å². The van der Waals surface area contributed by atoms with E-state index >= 15 is 4.79 Å². The lowest BCUT2D eigenvalue weighted by Crippen LogP contribution is -2.51. The van der Waals surface area contributed by atoms with Crippen molar-refractivity contribution in [3.05, 3.63) is 138 Å². The van der Waals surface area contributed by atoms with Crippen LogP contribution in [0.2, 0.25) is 18.6 Å². The van der Waals surface area contributed by atoms with Crippen molar-refractivity contribution in [1.82, 2.24) is 0 Å². The molecule has 300 valence electrons. The molecule has 2 aliphatic rings. The highest BCUT2D eigenvalue weighted by atomic mass is 28.3. The van der Waals surface area contributed by atoms with Crippen LogP contribution in [0.4, 0.5) is 17.1 Å². The van der Waals surface area contributed by atoms with Gasteiger partial charge in [-0.2, -0.15) is 0 Å². The van der Waals surface area contributed by atoms with E-state index in [9.17, 15) is 14.7 Å². The fraction of sp³-hybridized carbons (Fsp3) is 0.283. The summed E-state index contributed by atoms with van der Waals surface area (Å²) in [5, 5.41) is 17.5. The van der Waals surface area contributed by atoms with Crippen molar-refractivity contribution in [2.45, 2.75) is 50.2 Å². The summed E-state index contributed by atoms with van der Waals surface area (Å²) in [4.78, 5) is 43.4. The first-order valence-corrected chi connectivity index (χ1v) is 22.4. The number of carbonyl (C=O) groups excluding carboxylic acids is 3. The Balaban J connectivity index is 1.23. The van der Waals surface area contributed by atoms with Crippen LogP contribution in [0, 0.1) is 5.92 Å². The maximum atomic E-state index is 15.2. The third-order valence-corrected chi connectivity index (χ3v) is 16.1. The van der Waals surface area contributed by atoms with Crippen molar-refractivity contribution in [3.63, 3.8) is 0 Å². The van der Waals surface area contributed by atoms with Crippen molar-refractivity contribution >= 4 is 48.0 Å². The van der Waals surface area contributed by atoms with Gasteiger partial charge in [-0.1, -0.05) is 49.5 Å². The van der Waals surface area contributed by atoms with E-state index in [1.54, 1.807) is 80.8 Å². The average molecular weight is 800 g/mol. The predicted molar refractivity (Wildman–Crippen MR) is 227 cm³/mol. The van der Waals surface area contributed by atoms with Gasteiger partial charge in [-0.15, -0.1) is 0 Å². The molecular formula is C46H49N3O8Si. The Hall–Kier alpha value is -5.95. The number of anilines is 3. The molecule has 0 bridgehead atoms. The molecule has 0 radical (unpaired) electrons. The third kappa shape index (κ3) is 7.46. The molecule has 0 aromatic heterocycles. The van der Waals surface area contributed by atoms with E-state index in [0.29, 0.717) is 51.7 Å². The summed E-state index contributed by atoms with van der Waals surface area (Å²) in [7, 11) is 2.38. The van der Waals surface area contributed by atoms with Crippen LogP contribution in [-0.2, 0) is 21.7 Å². The van der Waals surface area contributed by atoms with E-state index in [2.05, 4.69) is 42.8 Å². The largest absolute Gasteiger partial charge is 0.497 e. The van der Waals surface area contributed by atoms with Crippen LogP contribution in [0.15, 0.2) is 115 Å². The highest BCUT2D eigenvalue weighted by molar-refractivity contribution is 6.91. The van der Waals surface area contributed by atoms with Crippen LogP contribution < -0.4 is 34.9 Å². The first kappa shape index (κ1) is 40.3. The summed E-state index contributed by atoms with van der Waals surface area (Å²) in [6.45, 7) is 6.82. The topological polar surface area (TPSA) is 136 Å². The number of ether oxygens (including phenoxy) is 4. The molecule has 5 aromatic carbocycles. The highest BCUT2D eigenvalue weighted by Gasteiger charge is 2.66. The minimum absolute atomic E-state index is 0.0593. The van der Waals surface area contributed by atoms with E-state index in [4.69, 9.17) is 18.9 Å². The summed E-state index contributed by atoms with van der Waals surface area (Å²) in [6.07, 6.45) is -0.0459. The molecule has 58 heavy (non-hydrogen) atoms. The monoisotopic (exact) mass is 799 g/mol. The van der Waals surface area contributed by atoms with Gasteiger partial charge < -0.3 is 39.6 Å². The fourth-order valence-electron chi connectivity index (χ4n) is 8.71. The molecule has 3 amide bonds. The van der Waals surface area contributed by atoms with Gasteiger partial charge >= 0.3 is 0 Å². The standard InChI is InChI=1S/C46H49N3O8Si/c1-29-42(58(5,6)38-22-20-37(56-4)21-23-38)41(25-26-50)57-46(29)39-27-34(48-44(52)32-11-18-36(55-3)19-12-32)15-24-40(39)49(45(46)53)28-30-7-13-33(14-8-30)47-43(51)31-9-16-35(54-2)17-10-31/h7-24,27,29,41-42,50H,25-26,28H2,1-6H3,(H,47,51)(H,48,52)/t29-,41+,42-,46+/m1/s1. The number of hydrogen-bond donors (Lipinski definition) is 3. The molecule has 4 atom stereocenters. The maximum Gasteiger partial charge on any atom is 0.264 e. The highest BCUT2D eigenvalue weighted by Crippen LogP contribution is 2.60. The quantitative estimate of drug-likeness (QED) is 0.105. The van der Waals surface area contributed by atoms with Crippen molar-refractivity contribution < 1.29 is 38.4 Å². The lowest BCUT2D eigenvalue weighted by atomic mass is 9.82. The van der Waals surface area contributed by atoms with E-state index < -0.39 is 19.8 Å². The fourth-order valence-corrected chi connectivity index (χ4v) is 12.8. The number of amides is 3. The molecule has 1 fully saturated rings. The smallest absolute Gasteiger partial charge is 0.264 e.